The average molecular weight is 260 g/mol. The molecule has 3 rings (SSSR count). The van der Waals surface area contributed by atoms with Crippen molar-refractivity contribution in [1.29, 1.82) is 0 Å². The third kappa shape index (κ3) is 2.15. The Kier molecular flexibility index (Phi) is 3.29. The summed E-state index contributed by atoms with van der Waals surface area (Å²) in [5.41, 5.74) is 3.22. The molecule has 0 radical (unpaired) electrons. The van der Waals surface area contributed by atoms with Gasteiger partial charge in [0.15, 0.2) is 0 Å². The molecule has 1 atom stereocenters. The first-order valence-corrected chi connectivity index (χ1v) is 6.95. The molecule has 19 heavy (non-hydrogen) atoms. The number of aliphatic hydroxyl groups is 1. The minimum absolute atomic E-state index is 0.0776. The van der Waals surface area contributed by atoms with Crippen LogP contribution in [-0.2, 0) is 11.2 Å². The number of amides is 1. The lowest BCUT2D eigenvalue weighted by Crippen LogP contribution is -2.28. The van der Waals surface area contributed by atoms with Crippen LogP contribution in [0.1, 0.15) is 30.0 Å². The Hall–Kier alpha value is -1.39. The van der Waals surface area contributed by atoms with Crippen molar-refractivity contribution < 1.29 is 9.90 Å². The number of rotatable bonds is 3. The second kappa shape index (κ2) is 4.94. The summed E-state index contributed by atoms with van der Waals surface area (Å²) in [4.78, 5) is 15.8. The lowest BCUT2D eigenvalue weighted by Gasteiger charge is -2.26. The van der Waals surface area contributed by atoms with Crippen molar-refractivity contribution in [1.82, 2.24) is 4.90 Å². The normalized spacial score (nSPS) is 20.9. The van der Waals surface area contributed by atoms with E-state index in [9.17, 15) is 9.90 Å². The van der Waals surface area contributed by atoms with Gasteiger partial charge in [-0.05, 0) is 43.1 Å². The Balaban J connectivity index is 1.89. The molecule has 0 aliphatic carbocycles. The van der Waals surface area contributed by atoms with Crippen LogP contribution in [0.5, 0.6) is 0 Å². The van der Waals surface area contributed by atoms with E-state index < -0.39 is 0 Å². The molecule has 1 aromatic carbocycles. The van der Waals surface area contributed by atoms with Gasteiger partial charge >= 0.3 is 0 Å². The highest BCUT2D eigenvalue weighted by atomic mass is 16.3. The number of fused-ring (bicyclic) bond motifs is 1. The van der Waals surface area contributed by atoms with Crippen LogP contribution in [0.2, 0.25) is 0 Å². The Labute approximate surface area is 113 Å². The van der Waals surface area contributed by atoms with Crippen LogP contribution in [0.4, 0.5) is 5.69 Å². The number of hydrogen-bond donors (Lipinski definition) is 1. The summed E-state index contributed by atoms with van der Waals surface area (Å²) in [6.07, 6.45) is 2.91. The largest absolute Gasteiger partial charge is 0.394 e. The summed E-state index contributed by atoms with van der Waals surface area (Å²) in [7, 11) is 1.82. The highest BCUT2D eigenvalue weighted by molar-refractivity contribution is 6.00. The van der Waals surface area contributed by atoms with E-state index in [1.165, 1.54) is 12.8 Å². The van der Waals surface area contributed by atoms with Crippen molar-refractivity contribution in [2.24, 2.45) is 0 Å². The van der Waals surface area contributed by atoms with Gasteiger partial charge in [0.25, 0.3) is 0 Å². The fourth-order valence-electron chi connectivity index (χ4n) is 3.18. The second-order valence-corrected chi connectivity index (χ2v) is 5.46. The second-order valence-electron chi connectivity index (χ2n) is 5.46. The van der Waals surface area contributed by atoms with Crippen molar-refractivity contribution in [3.05, 3.63) is 29.3 Å². The van der Waals surface area contributed by atoms with Crippen LogP contribution in [0.3, 0.4) is 0 Å². The molecule has 1 amide bonds. The minimum Gasteiger partial charge on any atom is -0.394 e. The number of carbonyl (C=O) groups is 1. The van der Waals surface area contributed by atoms with Crippen LogP contribution in [0.15, 0.2) is 18.2 Å². The molecule has 0 saturated carbocycles. The molecule has 0 aromatic heterocycles. The number of aliphatic hydroxyl groups excluding tert-OH is 1. The minimum atomic E-state index is 0.0776. The van der Waals surface area contributed by atoms with Gasteiger partial charge in [0, 0.05) is 12.7 Å². The van der Waals surface area contributed by atoms with E-state index in [4.69, 9.17) is 0 Å². The van der Waals surface area contributed by atoms with Crippen molar-refractivity contribution in [2.45, 2.75) is 25.3 Å². The predicted molar refractivity (Wildman–Crippen MR) is 74.2 cm³/mol. The summed E-state index contributed by atoms with van der Waals surface area (Å²) in [5, 5.41) is 9.67. The number of hydrogen-bond acceptors (Lipinski definition) is 3. The highest BCUT2D eigenvalue weighted by Crippen LogP contribution is 2.32. The van der Waals surface area contributed by atoms with E-state index in [0.717, 1.165) is 29.9 Å². The zero-order valence-corrected chi connectivity index (χ0v) is 11.3. The summed E-state index contributed by atoms with van der Waals surface area (Å²) in [6, 6.07) is 6.23. The maximum atomic E-state index is 11.7. The van der Waals surface area contributed by atoms with Crippen LogP contribution in [0, 0.1) is 0 Å². The molecule has 2 aliphatic rings. The molecule has 102 valence electrons. The Morgan fingerprint density at radius 2 is 2.05 bits per heavy atom. The van der Waals surface area contributed by atoms with E-state index >= 15 is 0 Å². The molecule has 0 bridgehead atoms. The van der Waals surface area contributed by atoms with Gasteiger partial charge in [-0.25, -0.2) is 0 Å². The maximum absolute atomic E-state index is 11.7. The maximum Gasteiger partial charge on any atom is 0.231 e. The number of anilines is 1. The number of likely N-dealkylation sites (tertiary alicyclic amines) is 1. The Morgan fingerprint density at radius 1 is 1.32 bits per heavy atom. The third-order valence-corrected chi connectivity index (χ3v) is 4.32. The number of carbonyl (C=O) groups excluding carboxylic acids is 1. The molecular weight excluding hydrogens is 240 g/mol. The lowest BCUT2D eigenvalue weighted by atomic mass is 10.0. The smallest absolute Gasteiger partial charge is 0.231 e. The van der Waals surface area contributed by atoms with E-state index in [2.05, 4.69) is 11.0 Å². The van der Waals surface area contributed by atoms with Crippen LogP contribution >= 0.6 is 0 Å². The van der Waals surface area contributed by atoms with Gasteiger partial charge in [-0.15, -0.1) is 0 Å². The van der Waals surface area contributed by atoms with E-state index in [0.29, 0.717) is 6.42 Å². The monoisotopic (exact) mass is 260 g/mol. The highest BCUT2D eigenvalue weighted by Gasteiger charge is 2.27. The Morgan fingerprint density at radius 3 is 2.74 bits per heavy atom. The first kappa shape index (κ1) is 12.6. The molecule has 1 unspecified atom stereocenters. The summed E-state index contributed by atoms with van der Waals surface area (Å²) in [6.45, 7) is 2.25. The fourth-order valence-corrected chi connectivity index (χ4v) is 3.18. The molecular formula is C15H20N2O2. The first-order chi connectivity index (χ1) is 9.20. The summed E-state index contributed by atoms with van der Waals surface area (Å²) in [5.74, 6) is 0.147. The lowest BCUT2D eigenvalue weighted by molar-refractivity contribution is -0.117. The third-order valence-electron chi connectivity index (χ3n) is 4.32. The van der Waals surface area contributed by atoms with Gasteiger partial charge in [0.1, 0.15) is 0 Å². The number of nitrogens with zero attached hydrogens (tertiary/aromatic N) is 2. The summed E-state index contributed by atoms with van der Waals surface area (Å²) < 4.78 is 0. The van der Waals surface area contributed by atoms with Gasteiger partial charge in [-0.1, -0.05) is 12.1 Å². The topological polar surface area (TPSA) is 43.8 Å². The summed E-state index contributed by atoms with van der Waals surface area (Å²) >= 11 is 0. The van der Waals surface area contributed by atoms with Crippen LogP contribution in [-0.4, -0.2) is 42.7 Å². The Bertz CT molecular complexity index is 495. The number of benzene rings is 1. The van der Waals surface area contributed by atoms with E-state index in [1.54, 1.807) is 4.90 Å². The molecule has 4 nitrogen and oxygen atoms in total. The van der Waals surface area contributed by atoms with Crippen LogP contribution < -0.4 is 4.90 Å². The van der Waals surface area contributed by atoms with Crippen molar-refractivity contribution >= 4 is 11.6 Å². The van der Waals surface area contributed by atoms with Gasteiger partial charge in [-0.3, -0.25) is 9.69 Å². The standard InChI is InChI=1S/C15H20N2O2/c1-16-13-5-4-11(8-12(13)9-15(16)19)14(10-18)17-6-2-3-7-17/h4-5,8,14,18H,2-3,6-7,9-10H2,1H3. The molecule has 2 heterocycles. The zero-order valence-electron chi connectivity index (χ0n) is 11.3. The molecule has 1 aromatic rings. The van der Waals surface area contributed by atoms with Gasteiger partial charge in [0.05, 0.1) is 19.1 Å². The quantitative estimate of drug-likeness (QED) is 0.892. The van der Waals surface area contributed by atoms with E-state index in [-0.39, 0.29) is 18.6 Å². The first-order valence-electron chi connectivity index (χ1n) is 6.95. The average Bonchev–Trinajstić information content (AvgIpc) is 3.01. The fraction of sp³-hybridized carbons (Fsp3) is 0.533. The zero-order chi connectivity index (χ0) is 13.4. The molecule has 1 fully saturated rings. The van der Waals surface area contributed by atoms with Crippen molar-refractivity contribution in [2.75, 3.05) is 31.6 Å². The van der Waals surface area contributed by atoms with E-state index in [1.807, 2.05) is 19.2 Å². The predicted octanol–water partition coefficient (Wildman–Crippen LogP) is 1.33. The molecule has 1 saturated heterocycles. The van der Waals surface area contributed by atoms with Gasteiger partial charge in [-0.2, -0.15) is 0 Å². The molecule has 2 aliphatic heterocycles. The van der Waals surface area contributed by atoms with Crippen molar-refractivity contribution in [3.8, 4) is 0 Å². The van der Waals surface area contributed by atoms with Crippen LogP contribution in [0.25, 0.3) is 0 Å². The molecule has 1 N–H and O–H groups in total. The SMILES string of the molecule is CN1C(=O)Cc2cc(C(CO)N3CCCC3)ccc21. The molecule has 0 spiro atoms. The number of likely N-dealkylation sites (N-methyl/N-ethyl adjacent to an activating group) is 1. The van der Waals surface area contributed by atoms with Gasteiger partial charge < -0.3 is 10.0 Å². The van der Waals surface area contributed by atoms with Crippen molar-refractivity contribution in [3.63, 3.8) is 0 Å². The van der Waals surface area contributed by atoms with Gasteiger partial charge in [0.2, 0.25) is 5.91 Å². The molecule has 4 heteroatoms.